The van der Waals surface area contributed by atoms with Gasteiger partial charge in [-0.3, -0.25) is 0 Å². The molecule has 106 valence electrons. The van der Waals surface area contributed by atoms with Gasteiger partial charge in [-0.1, -0.05) is 35.9 Å². The van der Waals surface area contributed by atoms with Gasteiger partial charge >= 0.3 is 0 Å². The summed E-state index contributed by atoms with van der Waals surface area (Å²) in [5.41, 5.74) is 9.06. The maximum absolute atomic E-state index is 13.8. The molecular formula is C17H20FNO. The van der Waals surface area contributed by atoms with Crippen LogP contribution in [0.15, 0.2) is 42.5 Å². The van der Waals surface area contributed by atoms with Crippen LogP contribution in [-0.2, 0) is 0 Å². The first-order valence-electron chi connectivity index (χ1n) is 6.72. The lowest BCUT2D eigenvalue weighted by molar-refractivity contribution is 0.172. The quantitative estimate of drug-likeness (QED) is 0.916. The van der Waals surface area contributed by atoms with Gasteiger partial charge in [0.1, 0.15) is 6.10 Å². The molecule has 2 aromatic rings. The molecule has 2 nitrogen and oxygen atoms in total. The normalized spacial score (nSPS) is 13.8. The number of aryl methyl sites for hydroxylation is 2. The molecule has 2 atom stereocenters. The van der Waals surface area contributed by atoms with E-state index in [0.717, 1.165) is 11.1 Å². The van der Waals surface area contributed by atoms with Crippen molar-refractivity contribution in [2.24, 2.45) is 5.73 Å². The lowest BCUT2D eigenvalue weighted by atomic mass is 10.0. The second-order valence-electron chi connectivity index (χ2n) is 5.24. The molecule has 0 saturated carbocycles. The van der Waals surface area contributed by atoms with Crippen molar-refractivity contribution in [1.82, 2.24) is 0 Å². The van der Waals surface area contributed by atoms with Gasteiger partial charge in [0.25, 0.3) is 0 Å². The summed E-state index contributed by atoms with van der Waals surface area (Å²) < 4.78 is 19.6. The van der Waals surface area contributed by atoms with E-state index in [9.17, 15) is 4.39 Å². The predicted molar refractivity (Wildman–Crippen MR) is 79.3 cm³/mol. The number of nitrogens with two attached hydrogens (primary N) is 1. The molecule has 0 aliphatic heterocycles. The van der Waals surface area contributed by atoms with E-state index in [4.69, 9.17) is 10.5 Å². The van der Waals surface area contributed by atoms with Gasteiger partial charge in [0.05, 0.1) is 0 Å². The summed E-state index contributed by atoms with van der Waals surface area (Å²) in [4.78, 5) is 0. The Morgan fingerprint density at radius 1 is 1.00 bits per heavy atom. The highest BCUT2D eigenvalue weighted by molar-refractivity contribution is 5.31. The minimum Gasteiger partial charge on any atom is -0.481 e. The SMILES string of the molecule is Cc1ccc(C(Oc2cc(C)ccc2F)C(C)N)cc1. The highest BCUT2D eigenvalue weighted by Crippen LogP contribution is 2.27. The van der Waals surface area contributed by atoms with Gasteiger partial charge in [-0.15, -0.1) is 0 Å². The molecule has 2 aromatic carbocycles. The third-order valence-electron chi connectivity index (χ3n) is 3.22. The zero-order valence-corrected chi connectivity index (χ0v) is 12.1. The van der Waals surface area contributed by atoms with Crippen molar-refractivity contribution < 1.29 is 9.13 Å². The van der Waals surface area contributed by atoms with Crippen LogP contribution in [-0.4, -0.2) is 6.04 Å². The van der Waals surface area contributed by atoms with Crippen molar-refractivity contribution in [1.29, 1.82) is 0 Å². The predicted octanol–water partition coefficient (Wildman–Crippen LogP) is 3.91. The maximum atomic E-state index is 13.8. The standard InChI is InChI=1S/C17H20FNO/c1-11-4-7-14(8-5-11)17(13(3)19)20-16-10-12(2)6-9-15(16)18/h4-10,13,17H,19H2,1-3H3. The average molecular weight is 273 g/mol. The van der Waals surface area contributed by atoms with Gasteiger partial charge in [-0.25, -0.2) is 4.39 Å². The van der Waals surface area contributed by atoms with Gasteiger partial charge in [0, 0.05) is 6.04 Å². The summed E-state index contributed by atoms with van der Waals surface area (Å²) >= 11 is 0. The molecule has 0 aliphatic carbocycles. The fraction of sp³-hybridized carbons (Fsp3) is 0.294. The fourth-order valence-electron chi connectivity index (χ4n) is 2.07. The highest BCUT2D eigenvalue weighted by Gasteiger charge is 2.19. The van der Waals surface area contributed by atoms with Crippen LogP contribution in [0.5, 0.6) is 5.75 Å². The van der Waals surface area contributed by atoms with Gasteiger partial charge in [0.2, 0.25) is 0 Å². The smallest absolute Gasteiger partial charge is 0.165 e. The minimum absolute atomic E-state index is 0.238. The number of rotatable bonds is 4. The van der Waals surface area contributed by atoms with E-state index in [1.54, 1.807) is 12.1 Å². The van der Waals surface area contributed by atoms with Crippen LogP contribution >= 0.6 is 0 Å². The molecule has 0 amide bonds. The van der Waals surface area contributed by atoms with Crippen LogP contribution in [0.3, 0.4) is 0 Å². The molecular weight excluding hydrogens is 253 g/mol. The Morgan fingerprint density at radius 3 is 2.20 bits per heavy atom. The zero-order chi connectivity index (χ0) is 14.7. The Morgan fingerprint density at radius 2 is 1.60 bits per heavy atom. The van der Waals surface area contributed by atoms with Crippen molar-refractivity contribution in [2.75, 3.05) is 0 Å². The Kier molecular flexibility index (Phi) is 4.40. The molecule has 0 heterocycles. The lowest BCUT2D eigenvalue weighted by Gasteiger charge is -2.23. The van der Waals surface area contributed by atoms with Crippen LogP contribution in [0.1, 0.15) is 29.7 Å². The third-order valence-corrected chi connectivity index (χ3v) is 3.22. The molecule has 0 fully saturated rings. The molecule has 0 saturated heterocycles. The summed E-state index contributed by atoms with van der Waals surface area (Å²) in [5.74, 6) is -0.124. The molecule has 0 aromatic heterocycles. The van der Waals surface area contributed by atoms with Crippen LogP contribution in [0.4, 0.5) is 4.39 Å². The van der Waals surface area contributed by atoms with E-state index in [0.29, 0.717) is 0 Å². The summed E-state index contributed by atoms with van der Waals surface area (Å²) in [6, 6.07) is 12.5. The molecule has 2 rings (SSSR count). The summed E-state index contributed by atoms with van der Waals surface area (Å²) in [7, 11) is 0. The van der Waals surface area contributed by atoms with Crippen molar-refractivity contribution in [3.63, 3.8) is 0 Å². The van der Waals surface area contributed by atoms with Crippen molar-refractivity contribution in [2.45, 2.75) is 32.9 Å². The van der Waals surface area contributed by atoms with Gasteiger partial charge in [0.15, 0.2) is 11.6 Å². The summed E-state index contributed by atoms with van der Waals surface area (Å²) in [6.45, 7) is 5.78. The Balaban J connectivity index is 2.30. The number of halogens is 1. The van der Waals surface area contributed by atoms with Crippen LogP contribution in [0, 0.1) is 19.7 Å². The molecule has 0 spiro atoms. The van der Waals surface area contributed by atoms with E-state index in [2.05, 4.69) is 0 Å². The van der Waals surface area contributed by atoms with Gasteiger partial charge < -0.3 is 10.5 Å². The summed E-state index contributed by atoms with van der Waals surface area (Å²) in [5, 5.41) is 0. The summed E-state index contributed by atoms with van der Waals surface area (Å²) in [6.07, 6.45) is -0.369. The average Bonchev–Trinajstić information content (AvgIpc) is 2.40. The molecule has 20 heavy (non-hydrogen) atoms. The Bertz CT molecular complexity index is 578. The van der Waals surface area contributed by atoms with Gasteiger partial charge in [-0.2, -0.15) is 0 Å². The fourth-order valence-corrected chi connectivity index (χ4v) is 2.07. The molecule has 0 aliphatic rings. The molecule has 0 radical (unpaired) electrons. The Labute approximate surface area is 119 Å². The van der Waals surface area contributed by atoms with E-state index >= 15 is 0 Å². The van der Waals surface area contributed by atoms with Crippen molar-refractivity contribution >= 4 is 0 Å². The zero-order valence-electron chi connectivity index (χ0n) is 12.1. The first-order chi connectivity index (χ1) is 9.47. The second-order valence-corrected chi connectivity index (χ2v) is 5.24. The number of benzene rings is 2. The monoisotopic (exact) mass is 273 g/mol. The van der Waals surface area contributed by atoms with E-state index in [1.807, 2.05) is 45.0 Å². The molecule has 0 bridgehead atoms. The molecule has 2 N–H and O–H groups in total. The maximum Gasteiger partial charge on any atom is 0.165 e. The third kappa shape index (κ3) is 3.36. The number of hydrogen-bond acceptors (Lipinski definition) is 2. The largest absolute Gasteiger partial charge is 0.481 e. The first-order valence-corrected chi connectivity index (χ1v) is 6.72. The van der Waals surface area contributed by atoms with E-state index in [-0.39, 0.29) is 23.7 Å². The Hall–Kier alpha value is -1.87. The number of hydrogen-bond donors (Lipinski definition) is 1. The van der Waals surface area contributed by atoms with E-state index in [1.165, 1.54) is 11.6 Å². The molecule has 2 unspecified atom stereocenters. The van der Waals surface area contributed by atoms with Crippen LogP contribution in [0.25, 0.3) is 0 Å². The minimum atomic E-state index is -0.369. The van der Waals surface area contributed by atoms with Gasteiger partial charge in [-0.05, 0) is 44.0 Å². The first kappa shape index (κ1) is 14.5. The topological polar surface area (TPSA) is 35.2 Å². The lowest BCUT2D eigenvalue weighted by Crippen LogP contribution is -2.29. The van der Waals surface area contributed by atoms with Crippen LogP contribution in [0.2, 0.25) is 0 Å². The van der Waals surface area contributed by atoms with Crippen LogP contribution < -0.4 is 10.5 Å². The van der Waals surface area contributed by atoms with E-state index < -0.39 is 0 Å². The van der Waals surface area contributed by atoms with Crippen molar-refractivity contribution in [3.05, 3.63) is 65.0 Å². The van der Waals surface area contributed by atoms with Crippen molar-refractivity contribution in [3.8, 4) is 5.75 Å². The highest BCUT2D eigenvalue weighted by atomic mass is 19.1. The number of ether oxygens (including phenoxy) is 1. The second kappa shape index (κ2) is 6.06. The molecule has 3 heteroatoms.